The molecule has 0 aromatic heterocycles. The third-order valence-corrected chi connectivity index (χ3v) is 3.56. The molecule has 0 spiro atoms. The molecule has 0 saturated heterocycles. The molecule has 0 saturated carbocycles. The molecule has 0 heterocycles. The molecule has 19 heavy (non-hydrogen) atoms. The van der Waals surface area contributed by atoms with Crippen LogP contribution in [0.5, 0.6) is 0 Å². The van der Waals surface area contributed by atoms with Crippen LogP contribution < -0.4 is 0 Å². The highest BCUT2D eigenvalue weighted by Crippen LogP contribution is 2.08. The van der Waals surface area contributed by atoms with Gasteiger partial charge in [-0.25, -0.2) is 0 Å². The summed E-state index contributed by atoms with van der Waals surface area (Å²) in [7, 11) is 0. The first kappa shape index (κ1) is 15.7. The van der Waals surface area contributed by atoms with Crippen LogP contribution in [0.15, 0.2) is 30.3 Å². The number of hydrogen-bond donors (Lipinski definition) is 1. The molecule has 3 heteroatoms. The van der Waals surface area contributed by atoms with Gasteiger partial charge in [-0.1, -0.05) is 37.3 Å². The van der Waals surface area contributed by atoms with Crippen molar-refractivity contribution in [3.8, 4) is 0 Å². The lowest BCUT2D eigenvalue weighted by Crippen LogP contribution is -2.37. The molecule has 106 valence electrons. The van der Waals surface area contributed by atoms with Gasteiger partial charge in [0, 0.05) is 6.04 Å². The summed E-state index contributed by atoms with van der Waals surface area (Å²) < 4.78 is 0. The average molecular weight is 263 g/mol. The highest BCUT2D eigenvalue weighted by atomic mass is 16.4. The highest BCUT2D eigenvalue weighted by molar-refractivity contribution is 5.69. The molecule has 1 aromatic rings. The van der Waals surface area contributed by atoms with Crippen LogP contribution in [0.25, 0.3) is 0 Å². The van der Waals surface area contributed by atoms with E-state index in [1.165, 1.54) is 5.56 Å². The van der Waals surface area contributed by atoms with Gasteiger partial charge in [0.05, 0.1) is 6.54 Å². The van der Waals surface area contributed by atoms with Crippen molar-refractivity contribution in [3.05, 3.63) is 35.9 Å². The Morgan fingerprint density at radius 2 is 1.95 bits per heavy atom. The molecule has 1 N–H and O–H groups in total. The number of carboxylic acid groups (broad SMARTS) is 1. The van der Waals surface area contributed by atoms with E-state index >= 15 is 0 Å². The van der Waals surface area contributed by atoms with E-state index in [0.717, 1.165) is 32.2 Å². The Kier molecular flexibility index (Phi) is 7.19. The number of aliphatic carboxylic acids is 1. The topological polar surface area (TPSA) is 40.5 Å². The Hall–Kier alpha value is -1.35. The zero-order chi connectivity index (χ0) is 14.1. The molecular weight excluding hydrogens is 238 g/mol. The molecule has 0 bridgehead atoms. The van der Waals surface area contributed by atoms with Crippen LogP contribution in [0.1, 0.15) is 38.7 Å². The van der Waals surface area contributed by atoms with Crippen molar-refractivity contribution >= 4 is 5.97 Å². The van der Waals surface area contributed by atoms with Crippen molar-refractivity contribution in [2.45, 2.75) is 45.6 Å². The molecule has 0 aliphatic carbocycles. The molecule has 1 unspecified atom stereocenters. The van der Waals surface area contributed by atoms with Gasteiger partial charge in [0.1, 0.15) is 0 Å². The SMILES string of the molecule is CCC(C)N(CCCCc1ccccc1)CC(=O)O. The number of hydrogen-bond acceptors (Lipinski definition) is 2. The lowest BCUT2D eigenvalue weighted by molar-refractivity contribution is -0.138. The number of carboxylic acids is 1. The fourth-order valence-electron chi connectivity index (χ4n) is 2.18. The van der Waals surface area contributed by atoms with E-state index in [4.69, 9.17) is 5.11 Å². The number of nitrogens with zero attached hydrogens (tertiary/aromatic N) is 1. The van der Waals surface area contributed by atoms with Crippen molar-refractivity contribution in [1.82, 2.24) is 4.90 Å². The second kappa shape index (κ2) is 8.70. The van der Waals surface area contributed by atoms with Gasteiger partial charge in [0.25, 0.3) is 0 Å². The van der Waals surface area contributed by atoms with Crippen molar-refractivity contribution in [2.75, 3.05) is 13.1 Å². The quantitative estimate of drug-likeness (QED) is 0.696. The Labute approximate surface area is 116 Å². The second-order valence-corrected chi connectivity index (χ2v) is 5.06. The number of rotatable bonds is 9. The Morgan fingerprint density at radius 3 is 2.53 bits per heavy atom. The molecule has 3 nitrogen and oxygen atoms in total. The largest absolute Gasteiger partial charge is 0.480 e. The second-order valence-electron chi connectivity index (χ2n) is 5.06. The highest BCUT2D eigenvalue weighted by Gasteiger charge is 2.14. The fraction of sp³-hybridized carbons (Fsp3) is 0.562. The van der Waals surface area contributed by atoms with Crippen LogP contribution in [0.3, 0.4) is 0 Å². The average Bonchev–Trinajstić information content (AvgIpc) is 2.42. The van der Waals surface area contributed by atoms with Crippen molar-refractivity contribution in [1.29, 1.82) is 0 Å². The normalized spacial score (nSPS) is 12.6. The molecule has 1 atom stereocenters. The van der Waals surface area contributed by atoms with E-state index in [0.29, 0.717) is 6.04 Å². The molecular formula is C16H25NO2. The summed E-state index contributed by atoms with van der Waals surface area (Å²) in [6.07, 6.45) is 4.22. The van der Waals surface area contributed by atoms with Gasteiger partial charge in [-0.15, -0.1) is 0 Å². The molecule has 0 fully saturated rings. The van der Waals surface area contributed by atoms with Gasteiger partial charge < -0.3 is 5.11 Å². The lowest BCUT2D eigenvalue weighted by atomic mass is 10.1. The van der Waals surface area contributed by atoms with E-state index in [9.17, 15) is 4.79 Å². The van der Waals surface area contributed by atoms with E-state index in [2.05, 4.69) is 43.0 Å². The molecule has 1 aromatic carbocycles. The maximum Gasteiger partial charge on any atom is 0.317 e. The molecule has 0 aliphatic heterocycles. The first-order valence-electron chi connectivity index (χ1n) is 7.13. The van der Waals surface area contributed by atoms with Crippen LogP contribution in [0.2, 0.25) is 0 Å². The summed E-state index contributed by atoms with van der Waals surface area (Å²) in [6, 6.07) is 10.8. The van der Waals surface area contributed by atoms with Crippen molar-refractivity contribution in [3.63, 3.8) is 0 Å². The molecule has 1 rings (SSSR count). The minimum Gasteiger partial charge on any atom is -0.480 e. The van der Waals surface area contributed by atoms with Gasteiger partial charge in [-0.05, 0) is 44.7 Å². The minimum absolute atomic E-state index is 0.153. The van der Waals surface area contributed by atoms with Crippen LogP contribution in [-0.2, 0) is 11.2 Å². The Bertz CT molecular complexity index is 364. The standard InChI is InChI=1S/C16H25NO2/c1-3-14(2)17(13-16(18)19)12-8-7-11-15-9-5-4-6-10-15/h4-6,9-10,14H,3,7-8,11-13H2,1-2H3,(H,18,19). The monoisotopic (exact) mass is 263 g/mol. The first-order chi connectivity index (χ1) is 9.13. The van der Waals surface area contributed by atoms with E-state index in [1.54, 1.807) is 0 Å². The maximum atomic E-state index is 10.8. The number of carbonyl (C=O) groups is 1. The third kappa shape index (κ3) is 6.39. The summed E-state index contributed by atoms with van der Waals surface area (Å²) in [5.74, 6) is -0.733. The van der Waals surface area contributed by atoms with Crippen molar-refractivity contribution < 1.29 is 9.90 Å². The van der Waals surface area contributed by atoms with Crippen LogP contribution in [-0.4, -0.2) is 35.1 Å². The van der Waals surface area contributed by atoms with Gasteiger partial charge >= 0.3 is 5.97 Å². The number of aryl methyl sites for hydroxylation is 1. The van der Waals surface area contributed by atoms with Gasteiger partial charge in [0.15, 0.2) is 0 Å². The predicted molar refractivity (Wildman–Crippen MR) is 78.3 cm³/mol. The smallest absolute Gasteiger partial charge is 0.317 e. The maximum absolute atomic E-state index is 10.8. The third-order valence-electron chi connectivity index (χ3n) is 3.56. The molecule has 0 aliphatic rings. The molecule has 0 amide bonds. The van der Waals surface area contributed by atoms with Gasteiger partial charge in [0.2, 0.25) is 0 Å². The molecule has 0 radical (unpaired) electrons. The summed E-state index contributed by atoms with van der Waals surface area (Å²) >= 11 is 0. The van der Waals surface area contributed by atoms with Crippen LogP contribution in [0.4, 0.5) is 0 Å². The van der Waals surface area contributed by atoms with Crippen molar-refractivity contribution in [2.24, 2.45) is 0 Å². The van der Waals surface area contributed by atoms with Gasteiger partial charge in [-0.2, -0.15) is 0 Å². The fourth-order valence-corrected chi connectivity index (χ4v) is 2.18. The Morgan fingerprint density at radius 1 is 1.26 bits per heavy atom. The van der Waals surface area contributed by atoms with Crippen LogP contribution >= 0.6 is 0 Å². The Balaban J connectivity index is 2.29. The van der Waals surface area contributed by atoms with Crippen LogP contribution in [0, 0.1) is 0 Å². The number of benzene rings is 1. The van der Waals surface area contributed by atoms with E-state index < -0.39 is 5.97 Å². The minimum atomic E-state index is -0.733. The summed E-state index contributed by atoms with van der Waals surface area (Å²) in [6.45, 7) is 5.22. The summed E-state index contributed by atoms with van der Waals surface area (Å²) in [4.78, 5) is 12.9. The summed E-state index contributed by atoms with van der Waals surface area (Å²) in [5, 5.41) is 8.92. The zero-order valence-electron chi connectivity index (χ0n) is 12.0. The first-order valence-corrected chi connectivity index (χ1v) is 7.13. The zero-order valence-corrected chi connectivity index (χ0v) is 12.0. The van der Waals surface area contributed by atoms with Gasteiger partial charge in [-0.3, -0.25) is 9.69 Å². The van der Waals surface area contributed by atoms with E-state index in [1.807, 2.05) is 6.07 Å². The number of unbranched alkanes of at least 4 members (excludes halogenated alkanes) is 1. The summed E-state index contributed by atoms with van der Waals surface area (Å²) in [5.41, 5.74) is 1.36. The lowest BCUT2D eigenvalue weighted by Gasteiger charge is -2.26. The van der Waals surface area contributed by atoms with E-state index in [-0.39, 0.29) is 6.54 Å². The predicted octanol–water partition coefficient (Wildman–Crippen LogP) is 3.19.